The van der Waals surface area contributed by atoms with E-state index in [4.69, 9.17) is 5.26 Å². The average molecular weight is 263 g/mol. The van der Waals surface area contributed by atoms with Crippen LogP contribution >= 0.6 is 12.6 Å². The first-order chi connectivity index (χ1) is 8.86. The Labute approximate surface area is 115 Å². The smallest absolute Gasteiger partial charge is 0.0635 e. The first kappa shape index (κ1) is 15.0. The predicted molar refractivity (Wildman–Crippen MR) is 77.4 cm³/mol. The zero-order valence-electron chi connectivity index (χ0n) is 10.8. The van der Waals surface area contributed by atoms with E-state index >= 15 is 0 Å². The molecule has 0 aliphatic heterocycles. The van der Waals surface area contributed by atoms with Gasteiger partial charge in [-0.2, -0.15) is 17.9 Å². The van der Waals surface area contributed by atoms with Crippen molar-refractivity contribution in [1.29, 1.82) is 5.26 Å². The summed E-state index contributed by atoms with van der Waals surface area (Å²) in [5.41, 5.74) is 1.21. The van der Waals surface area contributed by atoms with Crippen molar-refractivity contribution in [2.45, 2.75) is 32.2 Å². The Balaban J connectivity index is 2.37. The van der Waals surface area contributed by atoms with Crippen LogP contribution in [0, 0.1) is 11.3 Å². The van der Waals surface area contributed by atoms with Gasteiger partial charge in [-0.3, -0.25) is 9.88 Å². The van der Waals surface area contributed by atoms with Crippen molar-refractivity contribution in [3.05, 3.63) is 30.1 Å². The van der Waals surface area contributed by atoms with E-state index in [1.54, 1.807) is 6.20 Å². The van der Waals surface area contributed by atoms with Gasteiger partial charge in [-0.1, -0.05) is 12.5 Å². The number of thiol groups is 1. The second-order valence-electron chi connectivity index (χ2n) is 4.33. The molecule has 1 heterocycles. The van der Waals surface area contributed by atoms with Crippen molar-refractivity contribution < 1.29 is 0 Å². The monoisotopic (exact) mass is 263 g/mol. The van der Waals surface area contributed by atoms with Crippen molar-refractivity contribution in [2.24, 2.45) is 0 Å². The molecule has 1 aromatic heterocycles. The van der Waals surface area contributed by atoms with Gasteiger partial charge in [0.25, 0.3) is 0 Å². The van der Waals surface area contributed by atoms with Crippen LogP contribution in [-0.2, 0) is 6.54 Å². The molecule has 0 radical (unpaired) electrons. The summed E-state index contributed by atoms with van der Waals surface area (Å²) in [7, 11) is 0. The summed E-state index contributed by atoms with van der Waals surface area (Å²) in [5.74, 6) is 0.959. The molecule has 0 unspecified atom stereocenters. The van der Waals surface area contributed by atoms with E-state index in [0.29, 0.717) is 6.42 Å². The summed E-state index contributed by atoms with van der Waals surface area (Å²) < 4.78 is 0. The fraction of sp³-hybridized carbons (Fsp3) is 0.571. The van der Waals surface area contributed by atoms with Gasteiger partial charge >= 0.3 is 0 Å². The molecule has 0 N–H and O–H groups in total. The Hall–Kier alpha value is -1.05. The quantitative estimate of drug-likeness (QED) is 0.550. The molecule has 1 aromatic rings. The van der Waals surface area contributed by atoms with Gasteiger partial charge in [-0.25, -0.2) is 0 Å². The third kappa shape index (κ3) is 6.63. The summed E-state index contributed by atoms with van der Waals surface area (Å²) in [5, 5.41) is 8.69. The van der Waals surface area contributed by atoms with Crippen LogP contribution in [0.3, 0.4) is 0 Å². The molecule has 0 amide bonds. The Morgan fingerprint density at radius 2 is 2.17 bits per heavy atom. The van der Waals surface area contributed by atoms with Crippen LogP contribution in [0.4, 0.5) is 0 Å². The Morgan fingerprint density at radius 1 is 1.28 bits per heavy atom. The van der Waals surface area contributed by atoms with Crippen molar-refractivity contribution in [3.8, 4) is 6.07 Å². The largest absolute Gasteiger partial charge is 0.298 e. The normalized spacial score (nSPS) is 10.5. The number of rotatable bonds is 9. The maximum absolute atomic E-state index is 8.69. The zero-order chi connectivity index (χ0) is 13.1. The maximum Gasteiger partial charge on any atom is 0.0635 e. The van der Waals surface area contributed by atoms with E-state index in [9.17, 15) is 0 Å². The highest BCUT2D eigenvalue weighted by molar-refractivity contribution is 7.80. The molecule has 3 nitrogen and oxygen atoms in total. The molecule has 0 aliphatic rings. The van der Waals surface area contributed by atoms with E-state index in [-0.39, 0.29) is 0 Å². The minimum absolute atomic E-state index is 0.590. The molecule has 0 fully saturated rings. The van der Waals surface area contributed by atoms with Crippen LogP contribution in [0.15, 0.2) is 24.5 Å². The number of pyridine rings is 1. The van der Waals surface area contributed by atoms with Crippen LogP contribution in [-0.4, -0.2) is 28.7 Å². The molecular weight excluding hydrogens is 242 g/mol. The molecule has 0 spiro atoms. The van der Waals surface area contributed by atoms with Gasteiger partial charge in [0.2, 0.25) is 0 Å². The number of unbranched alkanes of at least 4 members (excludes halogenated alkanes) is 2. The molecule has 4 heteroatoms. The SMILES string of the molecule is N#CCCN(CCCCCS)Cc1cccnc1. The van der Waals surface area contributed by atoms with Crippen LogP contribution in [0.25, 0.3) is 0 Å². The van der Waals surface area contributed by atoms with E-state index in [2.05, 4.69) is 34.6 Å². The van der Waals surface area contributed by atoms with E-state index in [1.165, 1.54) is 24.8 Å². The molecule has 0 saturated heterocycles. The third-order valence-electron chi connectivity index (χ3n) is 2.80. The first-order valence-electron chi connectivity index (χ1n) is 6.46. The second kappa shape index (κ2) is 9.93. The lowest BCUT2D eigenvalue weighted by atomic mass is 10.2. The van der Waals surface area contributed by atoms with Crippen molar-refractivity contribution in [3.63, 3.8) is 0 Å². The maximum atomic E-state index is 8.69. The summed E-state index contributed by atoms with van der Waals surface area (Å²) in [6, 6.07) is 6.26. The lowest BCUT2D eigenvalue weighted by Crippen LogP contribution is -2.25. The lowest BCUT2D eigenvalue weighted by molar-refractivity contribution is 0.265. The third-order valence-corrected chi connectivity index (χ3v) is 3.12. The van der Waals surface area contributed by atoms with Gasteiger partial charge < -0.3 is 0 Å². The highest BCUT2D eigenvalue weighted by Gasteiger charge is 2.05. The lowest BCUT2D eigenvalue weighted by Gasteiger charge is -2.20. The molecule has 0 saturated carbocycles. The summed E-state index contributed by atoms with van der Waals surface area (Å²) in [6.45, 7) is 2.77. The van der Waals surface area contributed by atoms with Crippen molar-refractivity contribution in [2.75, 3.05) is 18.8 Å². The molecule has 0 atom stereocenters. The van der Waals surface area contributed by atoms with Gasteiger partial charge in [0.05, 0.1) is 6.07 Å². The second-order valence-corrected chi connectivity index (χ2v) is 4.78. The van der Waals surface area contributed by atoms with Crippen molar-refractivity contribution in [1.82, 2.24) is 9.88 Å². The Morgan fingerprint density at radius 3 is 2.83 bits per heavy atom. The summed E-state index contributed by atoms with van der Waals surface area (Å²) in [4.78, 5) is 6.46. The summed E-state index contributed by atoms with van der Waals surface area (Å²) >= 11 is 4.22. The van der Waals surface area contributed by atoms with Crippen LogP contribution in [0.1, 0.15) is 31.2 Å². The number of nitrogens with zero attached hydrogens (tertiary/aromatic N) is 3. The number of hydrogen-bond acceptors (Lipinski definition) is 4. The van der Waals surface area contributed by atoms with Gasteiger partial charge in [0.1, 0.15) is 0 Å². The van der Waals surface area contributed by atoms with E-state index < -0.39 is 0 Å². The fourth-order valence-corrected chi connectivity index (χ4v) is 2.08. The molecule has 18 heavy (non-hydrogen) atoms. The van der Waals surface area contributed by atoms with E-state index in [0.717, 1.165) is 25.4 Å². The molecular formula is C14H21N3S. The average Bonchev–Trinajstić information content (AvgIpc) is 2.41. The molecule has 98 valence electrons. The number of hydrogen-bond donors (Lipinski definition) is 1. The predicted octanol–water partition coefficient (Wildman–Crippen LogP) is 2.90. The zero-order valence-corrected chi connectivity index (χ0v) is 11.6. The Bertz CT molecular complexity index is 348. The van der Waals surface area contributed by atoms with Crippen LogP contribution < -0.4 is 0 Å². The minimum Gasteiger partial charge on any atom is -0.298 e. The van der Waals surface area contributed by atoms with Gasteiger partial charge in [-0.15, -0.1) is 0 Å². The van der Waals surface area contributed by atoms with Crippen LogP contribution in [0.5, 0.6) is 0 Å². The highest BCUT2D eigenvalue weighted by atomic mass is 32.1. The molecule has 1 rings (SSSR count). The van der Waals surface area contributed by atoms with Gasteiger partial charge in [0.15, 0.2) is 0 Å². The summed E-state index contributed by atoms with van der Waals surface area (Å²) in [6.07, 6.45) is 7.82. The first-order valence-corrected chi connectivity index (χ1v) is 7.09. The topological polar surface area (TPSA) is 39.9 Å². The van der Waals surface area contributed by atoms with Gasteiger partial charge in [0, 0.05) is 31.9 Å². The fourth-order valence-electron chi connectivity index (χ4n) is 1.85. The van der Waals surface area contributed by atoms with E-state index in [1.807, 2.05) is 12.3 Å². The van der Waals surface area contributed by atoms with Gasteiger partial charge in [-0.05, 0) is 36.8 Å². The number of aromatic nitrogens is 1. The molecule has 0 aliphatic carbocycles. The van der Waals surface area contributed by atoms with Crippen molar-refractivity contribution >= 4 is 12.6 Å². The van der Waals surface area contributed by atoms with Crippen LogP contribution in [0.2, 0.25) is 0 Å². The Kier molecular flexibility index (Phi) is 8.28. The molecule has 0 aromatic carbocycles. The minimum atomic E-state index is 0.590. The molecule has 0 bridgehead atoms. The highest BCUT2D eigenvalue weighted by Crippen LogP contribution is 2.06. The number of nitriles is 1. The standard InChI is InChI=1S/C14H21N3S/c15-7-5-10-17(9-2-1-3-11-18)13-14-6-4-8-16-12-14/h4,6,8,12,18H,1-3,5,9-11,13H2.